The van der Waals surface area contributed by atoms with Crippen LogP contribution in [0.4, 0.5) is 17.1 Å². The number of nitrogens with zero attached hydrogens (tertiary/aromatic N) is 1. The van der Waals surface area contributed by atoms with Crippen LogP contribution in [0.15, 0.2) is 217 Å². The van der Waals surface area contributed by atoms with Crippen LogP contribution in [0.5, 0.6) is 0 Å². The summed E-state index contributed by atoms with van der Waals surface area (Å²) in [6.07, 6.45) is 0. The van der Waals surface area contributed by atoms with Crippen molar-refractivity contribution >= 4 is 39.0 Å². The van der Waals surface area contributed by atoms with Gasteiger partial charge in [0.1, 0.15) is 11.2 Å². The molecular formula is C57H41NO. The fraction of sp³-hybridized carbons (Fsp3) is 0.0526. The van der Waals surface area contributed by atoms with Crippen LogP contribution in [0, 0.1) is 0 Å². The maximum Gasteiger partial charge on any atom is 0.137 e. The van der Waals surface area contributed by atoms with Crippen LogP contribution in [0.2, 0.25) is 0 Å². The first kappa shape index (κ1) is 34.8. The van der Waals surface area contributed by atoms with Crippen LogP contribution < -0.4 is 4.90 Å². The van der Waals surface area contributed by atoms with Crippen molar-refractivity contribution in [1.82, 2.24) is 0 Å². The van der Waals surface area contributed by atoms with Crippen LogP contribution >= 0.6 is 0 Å². The molecule has 2 nitrogen and oxygen atoms in total. The van der Waals surface area contributed by atoms with Crippen LogP contribution in [0.1, 0.15) is 25.0 Å². The van der Waals surface area contributed by atoms with Crippen molar-refractivity contribution in [3.05, 3.63) is 223 Å². The molecule has 9 aromatic carbocycles. The SMILES string of the molecule is CC1(C)c2ccccc2-c2cc(-c3c(-c4ccccc4)cccc3N(c3ccc4c(c3)oc3ccccc34)c3c(-c4ccccc4)cccc3-c3ccccc3)ccc21. The molecule has 10 aromatic rings. The highest BCUT2D eigenvalue weighted by Crippen LogP contribution is 2.54. The topological polar surface area (TPSA) is 16.4 Å². The van der Waals surface area contributed by atoms with E-state index in [1.807, 2.05) is 6.07 Å². The Morgan fingerprint density at radius 3 is 1.63 bits per heavy atom. The molecule has 0 saturated heterocycles. The fourth-order valence-electron chi connectivity index (χ4n) is 9.49. The van der Waals surface area contributed by atoms with Gasteiger partial charge in [-0.1, -0.05) is 190 Å². The van der Waals surface area contributed by atoms with Gasteiger partial charge < -0.3 is 9.32 Å². The van der Waals surface area contributed by atoms with Crippen molar-refractivity contribution in [2.75, 3.05) is 4.90 Å². The van der Waals surface area contributed by atoms with E-state index < -0.39 is 0 Å². The molecule has 11 rings (SSSR count). The first-order valence-electron chi connectivity index (χ1n) is 20.4. The van der Waals surface area contributed by atoms with Crippen molar-refractivity contribution < 1.29 is 4.42 Å². The summed E-state index contributed by atoms with van der Waals surface area (Å²) < 4.78 is 6.63. The zero-order valence-corrected chi connectivity index (χ0v) is 33.1. The van der Waals surface area contributed by atoms with Crippen molar-refractivity contribution in [1.29, 1.82) is 0 Å². The Morgan fingerprint density at radius 2 is 0.915 bits per heavy atom. The average Bonchev–Trinajstić information content (AvgIpc) is 3.78. The fourth-order valence-corrected chi connectivity index (χ4v) is 9.49. The molecule has 280 valence electrons. The zero-order valence-electron chi connectivity index (χ0n) is 33.1. The Kier molecular flexibility index (Phi) is 8.20. The van der Waals surface area contributed by atoms with E-state index in [0.717, 1.165) is 72.4 Å². The van der Waals surface area contributed by atoms with Gasteiger partial charge in [0.05, 0.1) is 11.4 Å². The normalized spacial score (nSPS) is 12.7. The standard InChI is InChI=1S/C57H41NO/c1-57(2)50-29-14-12-24-46(50)49-36-41(32-35-51(49)57)55-43(38-18-6-3-7-19-38)26-17-30-52(55)58(42-33-34-48-47-25-13-15-31-53(47)59-54(48)37-42)56-44(39-20-8-4-9-21-39)27-16-28-45(56)40-22-10-5-11-23-40/h3-37H,1-2H3. The van der Waals surface area contributed by atoms with E-state index in [1.165, 1.54) is 33.4 Å². The number of hydrogen-bond donors (Lipinski definition) is 0. The number of benzene rings is 9. The third kappa shape index (κ3) is 5.71. The Hall–Kier alpha value is -7.42. The molecule has 0 radical (unpaired) electrons. The molecule has 0 spiro atoms. The Labute approximate surface area is 345 Å². The summed E-state index contributed by atoms with van der Waals surface area (Å²) in [4.78, 5) is 2.49. The summed E-state index contributed by atoms with van der Waals surface area (Å²) in [6.45, 7) is 4.70. The highest BCUT2D eigenvalue weighted by molar-refractivity contribution is 6.08. The first-order valence-corrected chi connectivity index (χ1v) is 20.4. The van der Waals surface area contributed by atoms with Gasteiger partial charge in [-0.2, -0.15) is 0 Å². The lowest BCUT2D eigenvalue weighted by Gasteiger charge is -2.33. The van der Waals surface area contributed by atoms with Gasteiger partial charge in [0.15, 0.2) is 0 Å². The van der Waals surface area contributed by atoms with Crippen molar-refractivity contribution in [2.24, 2.45) is 0 Å². The molecule has 0 bridgehead atoms. The van der Waals surface area contributed by atoms with Gasteiger partial charge in [-0.3, -0.25) is 0 Å². The first-order chi connectivity index (χ1) is 29.0. The highest BCUT2D eigenvalue weighted by atomic mass is 16.3. The smallest absolute Gasteiger partial charge is 0.137 e. The van der Waals surface area contributed by atoms with E-state index in [1.54, 1.807) is 0 Å². The summed E-state index contributed by atoms with van der Waals surface area (Å²) in [7, 11) is 0. The van der Waals surface area contributed by atoms with Crippen molar-refractivity contribution in [2.45, 2.75) is 19.3 Å². The largest absolute Gasteiger partial charge is 0.456 e. The minimum absolute atomic E-state index is 0.0977. The number of fused-ring (bicyclic) bond motifs is 6. The molecule has 1 heterocycles. The Balaban J connectivity index is 1.26. The summed E-state index contributed by atoms with van der Waals surface area (Å²) in [5.74, 6) is 0. The van der Waals surface area contributed by atoms with Gasteiger partial charge in [-0.15, -0.1) is 0 Å². The van der Waals surface area contributed by atoms with E-state index in [2.05, 4.69) is 225 Å². The monoisotopic (exact) mass is 755 g/mol. The van der Waals surface area contributed by atoms with E-state index >= 15 is 0 Å². The molecule has 0 amide bonds. The minimum Gasteiger partial charge on any atom is -0.456 e. The minimum atomic E-state index is -0.0977. The maximum absolute atomic E-state index is 6.63. The number of rotatable bonds is 7. The number of para-hydroxylation sites is 2. The molecule has 0 saturated carbocycles. The quantitative estimate of drug-likeness (QED) is 0.161. The molecule has 1 aliphatic rings. The van der Waals surface area contributed by atoms with Gasteiger partial charge in [-0.05, 0) is 80.4 Å². The Bertz CT molecular complexity index is 3120. The lowest BCUT2D eigenvalue weighted by atomic mass is 9.82. The number of hydrogen-bond acceptors (Lipinski definition) is 2. The van der Waals surface area contributed by atoms with Crippen LogP contribution in [-0.2, 0) is 5.41 Å². The molecule has 0 aliphatic heterocycles. The zero-order chi connectivity index (χ0) is 39.5. The van der Waals surface area contributed by atoms with Crippen molar-refractivity contribution in [3.8, 4) is 55.6 Å². The third-order valence-electron chi connectivity index (χ3n) is 12.3. The number of furan rings is 1. The second-order valence-electron chi connectivity index (χ2n) is 16.0. The molecule has 1 aromatic heterocycles. The maximum atomic E-state index is 6.63. The molecule has 2 heteroatoms. The summed E-state index contributed by atoms with van der Waals surface area (Å²) >= 11 is 0. The van der Waals surface area contributed by atoms with Gasteiger partial charge in [0.2, 0.25) is 0 Å². The highest BCUT2D eigenvalue weighted by Gasteiger charge is 2.36. The lowest BCUT2D eigenvalue weighted by Crippen LogP contribution is -2.15. The Morgan fingerprint density at radius 1 is 0.373 bits per heavy atom. The summed E-state index contributed by atoms with van der Waals surface area (Å²) in [6, 6.07) is 77.0. The van der Waals surface area contributed by atoms with Crippen molar-refractivity contribution in [3.63, 3.8) is 0 Å². The average molecular weight is 756 g/mol. The predicted octanol–water partition coefficient (Wildman–Crippen LogP) is 16.0. The molecule has 0 atom stereocenters. The molecule has 1 aliphatic carbocycles. The van der Waals surface area contributed by atoms with Gasteiger partial charge in [-0.25, -0.2) is 0 Å². The molecule has 0 fully saturated rings. The lowest BCUT2D eigenvalue weighted by molar-refractivity contribution is 0.660. The molecule has 0 N–H and O–H groups in total. The second kappa shape index (κ2) is 13.9. The van der Waals surface area contributed by atoms with E-state index in [0.29, 0.717) is 0 Å². The van der Waals surface area contributed by atoms with E-state index in [4.69, 9.17) is 4.42 Å². The summed E-state index contributed by atoms with van der Waals surface area (Å²) in [5.41, 5.74) is 19.4. The van der Waals surface area contributed by atoms with Gasteiger partial charge in [0.25, 0.3) is 0 Å². The second-order valence-corrected chi connectivity index (χ2v) is 16.0. The van der Waals surface area contributed by atoms with Crippen LogP contribution in [0.3, 0.4) is 0 Å². The van der Waals surface area contributed by atoms with E-state index in [-0.39, 0.29) is 5.41 Å². The van der Waals surface area contributed by atoms with Crippen LogP contribution in [0.25, 0.3) is 77.6 Å². The van der Waals surface area contributed by atoms with Crippen LogP contribution in [-0.4, -0.2) is 0 Å². The van der Waals surface area contributed by atoms with Gasteiger partial charge >= 0.3 is 0 Å². The molecule has 59 heavy (non-hydrogen) atoms. The number of anilines is 3. The summed E-state index contributed by atoms with van der Waals surface area (Å²) in [5, 5.41) is 2.21. The molecule has 0 unspecified atom stereocenters. The van der Waals surface area contributed by atoms with E-state index in [9.17, 15) is 0 Å². The molecular weight excluding hydrogens is 715 g/mol. The predicted molar refractivity (Wildman–Crippen MR) is 248 cm³/mol. The van der Waals surface area contributed by atoms with Gasteiger partial charge in [0, 0.05) is 44.6 Å². The third-order valence-corrected chi connectivity index (χ3v) is 12.3.